The predicted octanol–water partition coefficient (Wildman–Crippen LogP) is 1.92. The molecule has 0 aliphatic carbocycles. The zero-order chi connectivity index (χ0) is 17.4. The van der Waals surface area contributed by atoms with E-state index in [1.165, 1.54) is 4.90 Å². The fraction of sp³-hybridized carbons (Fsp3) is 0.235. The van der Waals surface area contributed by atoms with Gasteiger partial charge in [-0.1, -0.05) is 0 Å². The lowest BCUT2D eigenvalue weighted by Gasteiger charge is -2.07. The second-order valence-electron chi connectivity index (χ2n) is 5.72. The van der Waals surface area contributed by atoms with Gasteiger partial charge in [-0.25, -0.2) is 4.98 Å². The number of amides is 2. The van der Waals surface area contributed by atoms with Gasteiger partial charge < -0.3 is 19.9 Å². The van der Waals surface area contributed by atoms with Crippen molar-refractivity contribution in [1.29, 1.82) is 0 Å². The molecule has 1 aromatic heterocycles. The van der Waals surface area contributed by atoms with Crippen LogP contribution < -0.4 is 10.1 Å². The van der Waals surface area contributed by atoms with E-state index >= 15 is 0 Å². The van der Waals surface area contributed by atoms with E-state index in [2.05, 4.69) is 15.3 Å². The Hall–Kier alpha value is -3.09. The molecule has 124 valence electrons. The van der Waals surface area contributed by atoms with Crippen LogP contribution in [-0.4, -0.2) is 47.9 Å². The standard InChI is InChI=1S/C17H18N4O3/c1-9-15(17(23)21(2)3)20-14(18-9)8-12-11-7-10(24-4)5-6-13(11)19-16(12)22/h5-8H,1-4H3,(H,18,20)(H,19,22)/b12-8-. The first-order valence-electron chi connectivity index (χ1n) is 7.40. The highest BCUT2D eigenvalue weighted by Crippen LogP contribution is 2.35. The molecular weight excluding hydrogens is 308 g/mol. The number of aryl methyl sites for hydroxylation is 1. The van der Waals surface area contributed by atoms with Crippen molar-refractivity contribution in [1.82, 2.24) is 14.9 Å². The Morgan fingerprint density at radius 3 is 2.75 bits per heavy atom. The van der Waals surface area contributed by atoms with E-state index in [9.17, 15) is 9.59 Å². The number of carbonyl (C=O) groups is 2. The number of nitrogens with one attached hydrogen (secondary N) is 2. The van der Waals surface area contributed by atoms with E-state index in [0.29, 0.717) is 28.5 Å². The second kappa shape index (κ2) is 5.84. The maximum absolute atomic E-state index is 12.2. The second-order valence-corrected chi connectivity index (χ2v) is 5.72. The SMILES string of the molecule is COc1ccc2c(c1)/C(=C/c1nc(C(=O)N(C)C)c(C)[nH]1)C(=O)N2. The topological polar surface area (TPSA) is 87.3 Å². The first-order valence-corrected chi connectivity index (χ1v) is 7.40. The van der Waals surface area contributed by atoms with Gasteiger partial charge in [0.2, 0.25) is 0 Å². The number of aromatic amines is 1. The molecule has 0 saturated carbocycles. The molecule has 7 nitrogen and oxygen atoms in total. The predicted molar refractivity (Wildman–Crippen MR) is 90.8 cm³/mol. The maximum Gasteiger partial charge on any atom is 0.273 e. The first kappa shape index (κ1) is 15.8. The number of methoxy groups -OCH3 is 1. The van der Waals surface area contributed by atoms with Crippen molar-refractivity contribution < 1.29 is 14.3 Å². The average molecular weight is 326 g/mol. The number of imidazole rings is 1. The van der Waals surface area contributed by atoms with Crippen LogP contribution in [0.25, 0.3) is 11.6 Å². The normalized spacial score (nSPS) is 14.5. The summed E-state index contributed by atoms with van der Waals surface area (Å²) in [6.07, 6.45) is 1.64. The molecule has 0 saturated heterocycles. The van der Waals surface area contributed by atoms with Crippen LogP contribution in [0.5, 0.6) is 5.75 Å². The molecule has 0 fully saturated rings. The molecule has 2 heterocycles. The van der Waals surface area contributed by atoms with E-state index < -0.39 is 0 Å². The summed E-state index contributed by atoms with van der Waals surface area (Å²) in [5.41, 5.74) is 2.94. The van der Waals surface area contributed by atoms with Gasteiger partial charge in [0, 0.05) is 31.0 Å². The summed E-state index contributed by atoms with van der Waals surface area (Å²) in [6.45, 7) is 1.78. The number of ether oxygens (including phenoxy) is 1. The molecule has 24 heavy (non-hydrogen) atoms. The summed E-state index contributed by atoms with van der Waals surface area (Å²) in [5, 5.41) is 2.80. The van der Waals surface area contributed by atoms with Crippen LogP contribution in [0.2, 0.25) is 0 Å². The summed E-state index contributed by atoms with van der Waals surface area (Å²) in [7, 11) is 4.91. The number of hydrogen-bond donors (Lipinski definition) is 2. The summed E-state index contributed by atoms with van der Waals surface area (Å²) in [5.74, 6) is 0.716. The number of aromatic nitrogens is 2. The minimum absolute atomic E-state index is 0.189. The van der Waals surface area contributed by atoms with Gasteiger partial charge in [-0.2, -0.15) is 0 Å². The van der Waals surface area contributed by atoms with Gasteiger partial charge in [0.15, 0.2) is 0 Å². The lowest BCUT2D eigenvalue weighted by Crippen LogP contribution is -2.22. The summed E-state index contributed by atoms with van der Waals surface area (Å²) >= 11 is 0. The number of carbonyl (C=O) groups excluding carboxylic acids is 2. The Labute approximate surface area is 139 Å². The van der Waals surface area contributed by atoms with E-state index in [-0.39, 0.29) is 11.8 Å². The molecule has 0 bridgehead atoms. The van der Waals surface area contributed by atoms with Crippen molar-refractivity contribution >= 4 is 29.2 Å². The van der Waals surface area contributed by atoms with Crippen LogP contribution in [0, 0.1) is 6.92 Å². The third-order valence-corrected chi connectivity index (χ3v) is 3.80. The number of hydrogen-bond acceptors (Lipinski definition) is 4. The quantitative estimate of drug-likeness (QED) is 0.844. The molecule has 1 aliphatic rings. The molecule has 0 unspecified atom stereocenters. The molecule has 0 spiro atoms. The number of benzene rings is 1. The van der Waals surface area contributed by atoms with Crippen LogP contribution in [0.4, 0.5) is 5.69 Å². The molecule has 2 N–H and O–H groups in total. The summed E-state index contributed by atoms with van der Waals surface area (Å²) in [4.78, 5) is 33.1. The molecule has 7 heteroatoms. The van der Waals surface area contributed by atoms with E-state index in [1.54, 1.807) is 52.4 Å². The Bertz CT molecular complexity index is 865. The van der Waals surface area contributed by atoms with Crippen molar-refractivity contribution in [2.45, 2.75) is 6.92 Å². The van der Waals surface area contributed by atoms with Crippen LogP contribution >= 0.6 is 0 Å². The van der Waals surface area contributed by atoms with Crippen LogP contribution in [0.15, 0.2) is 18.2 Å². The molecular formula is C17H18N4O3. The Morgan fingerprint density at radius 2 is 2.08 bits per heavy atom. The lowest BCUT2D eigenvalue weighted by atomic mass is 10.1. The van der Waals surface area contributed by atoms with Gasteiger partial charge in [-0.05, 0) is 31.2 Å². The van der Waals surface area contributed by atoms with Crippen molar-refractivity contribution in [3.8, 4) is 5.75 Å². The molecule has 0 atom stereocenters. The Balaban J connectivity index is 2.03. The highest BCUT2D eigenvalue weighted by molar-refractivity contribution is 6.34. The molecule has 2 aromatic rings. The van der Waals surface area contributed by atoms with Gasteiger partial charge in [0.1, 0.15) is 17.3 Å². The highest BCUT2D eigenvalue weighted by Gasteiger charge is 2.25. The molecule has 0 radical (unpaired) electrons. The van der Waals surface area contributed by atoms with Gasteiger partial charge in [0.25, 0.3) is 11.8 Å². The van der Waals surface area contributed by atoms with Crippen molar-refractivity contribution in [2.24, 2.45) is 0 Å². The molecule has 1 aromatic carbocycles. The minimum atomic E-state index is -0.215. The highest BCUT2D eigenvalue weighted by atomic mass is 16.5. The monoisotopic (exact) mass is 326 g/mol. The van der Waals surface area contributed by atoms with Gasteiger partial charge in [-0.3, -0.25) is 9.59 Å². The smallest absolute Gasteiger partial charge is 0.273 e. The molecule has 3 rings (SSSR count). The summed E-state index contributed by atoms with van der Waals surface area (Å²) in [6, 6.07) is 5.37. The minimum Gasteiger partial charge on any atom is -0.497 e. The zero-order valence-electron chi connectivity index (χ0n) is 13.9. The fourth-order valence-electron chi connectivity index (χ4n) is 2.55. The maximum atomic E-state index is 12.2. The van der Waals surface area contributed by atoms with Gasteiger partial charge >= 0.3 is 0 Å². The van der Waals surface area contributed by atoms with Crippen molar-refractivity contribution in [3.05, 3.63) is 41.0 Å². The van der Waals surface area contributed by atoms with E-state index in [1.807, 2.05) is 0 Å². The van der Waals surface area contributed by atoms with Gasteiger partial charge in [0.05, 0.1) is 12.7 Å². The van der Waals surface area contributed by atoms with Crippen LogP contribution in [0.3, 0.4) is 0 Å². The van der Waals surface area contributed by atoms with Crippen LogP contribution in [-0.2, 0) is 4.79 Å². The third-order valence-electron chi connectivity index (χ3n) is 3.80. The zero-order valence-corrected chi connectivity index (χ0v) is 13.9. The number of nitrogens with zero attached hydrogens (tertiary/aromatic N) is 2. The Morgan fingerprint density at radius 1 is 1.33 bits per heavy atom. The molecule has 2 amide bonds. The van der Waals surface area contributed by atoms with Gasteiger partial charge in [-0.15, -0.1) is 0 Å². The van der Waals surface area contributed by atoms with E-state index in [4.69, 9.17) is 4.74 Å². The first-order chi connectivity index (χ1) is 11.4. The van der Waals surface area contributed by atoms with Crippen molar-refractivity contribution in [3.63, 3.8) is 0 Å². The van der Waals surface area contributed by atoms with Crippen molar-refractivity contribution in [2.75, 3.05) is 26.5 Å². The average Bonchev–Trinajstić information content (AvgIpc) is 3.06. The number of anilines is 1. The summed E-state index contributed by atoms with van der Waals surface area (Å²) < 4.78 is 5.21. The van der Waals surface area contributed by atoms with Crippen LogP contribution in [0.1, 0.15) is 27.6 Å². The lowest BCUT2D eigenvalue weighted by molar-refractivity contribution is -0.110. The Kier molecular flexibility index (Phi) is 3.84. The number of H-pyrrole nitrogens is 1. The van der Waals surface area contributed by atoms with E-state index in [0.717, 1.165) is 11.3 Å². The number of fused-ring (bicyclic) bond motifs is 1. The fourth-order valence-corrected chi connectivity index (χ4v) is 2.55. The third kappa shape index (κ3) is 2.64. The molecule has 1 aliphatic heterocycles. The number of rotatable bonds is 3. The largest absolute Gasteiger partial charge is 0.497 e.